The number of benzene rings is 1. The van der Waals surface area contributed by atoms with Gasteiger partial charge in [0.2, 0.25) is 0 Å². The fraction of sp³-hybridized carbons (Fsp3) is 0.480. The highest BCUT2D eigenvalue weighted by Crippen LogP contribution is 2.35. The zero-order chi connectivity index (χ0) is 26.3. The third-order valence-corrected chi connectivity index (χ3v) is 6.32. The molecule has 6 nitrogen and oxygen atoms in total. The van der Waals surface area contributed by atoms with E-state index in [1.807, 2.05) is 0 Å². The van der Waals surface area contributed by atoms with Crippen LogP contribution in [0, 0.1) is 6.92 Å². The number of aliphatic imine (C=N–C) groups is 1. The summed E-state index contributed by atoms with van der Waals surface area (Å²) in [6.07, 6.45) is -0.460. The minimum atomic E-state index is -4.60. The molecule has 0 bridgehead atoms. The molecule has 0 spiro atoms. The minimum Gasteiger partial charge on any atom is -0.858 e. The highest BCUT2D eigenvalue weighted by atomic mass is 35.5. The van der Waals surface area contributed by atoms with E-state index in [2.05, 4.69) is 20.4 Å². The first-order valence-electron chi connectivity index (χ1n) is 11.7. The Morgan fingerprint density at radius 1 is 1.22 bits per heavy atom. The molecule has 11 heteroatoms. The lowest BCUT2D eigenvalue weighted by molar-refractivity contribution is -0.213. The molecule has 3 aromatic rings. The Balaban J connectivity index is 1.55. The molecular formula is C25H27ClF4N5O-. The number of hydrogen-bond acceptors (Lipinski definition) is 5. The molecule has 0 aliphatic heterocycles. The highest BCUT2D eigenvalue weighted by molar-refractivity contribution is 6.31. The van der Waals surface area contributed by atoms with Crippen molar-refractivity contribution in [3.05, 3.63) is 52.4 Å². The third-order valence-electron chi connectivity index (χ3n) is 6.08. The number of anilines is 1. The topological polar surface area (TPSA) is 78.2 Å². The van der Waals surface area contributed by atoms with Crippen molar-refractivity contribution in [2.75, 3.05) is 5.32 Å². The number of nitrogens with zero attached hydrogens (tertiary/aromatic N) is 4. The predicted octanol–water partition coefficient (Wildman–Crippen LogP) is 5.69. The van der Waals surface area contributed by atoms with Crippen molar-refractivity contribution in [2.45, 2.75) is 76.9 Å². The number of hydrogen-bond donors (Lipinski definition) is 1. The molecular weight excluding hydrogens is 498 g/mol. The molecule has 1 N–H and O–H groups in total. The van der Waals surface area contributed by atoms with E-state index in [1.54, 1.807) is 13.0 Å². The van der Waals surface area contributed by atoms with Crippen LogP contribution in [0.4, 0.5) is 23.2 Å². The standard InChI is InChI=1S/C25H28ClF4N5O/c1-14-19(12-35(34-14)13-24(2,3)27)23(36)32-17-6-4-5-16(10-17)31-21-11-22(25(28,29)30)33-20-8-7-15(26)9-18(20)21/h7-9,11-12,16-17H,4-6,10,13H2,1-3H3,(H,31,33)(H,32,36)/p-1. The fourth-order valence-corrected chi connectivity index (χ4v) is 4.70. The maximum absolute atomic E-state index is 14.0. The summed E-state index contributed by atoms with van der Waals surface area (Å²) < 4.78 is 55.7. The second kappa shape index (κ2) is 9.88. The molecule has 0 amide bonds. The molecule has 2 unspecified atom stereocenters. The molecule has 36 heavy (non-hydrogen) atoms. The largest absolute Gasteiger partial charge is 0.858 e. The lowest BCUT2D eigenvalue weighted by Crippen LogP contribution is -2.32. The van der Waals surface area contributed by atoms with Gasteiger partial charge < -0.3 is 10.4 Å². The average molecular weight is 525 g/mol. The van der Waals surface area contributed by atoms with Crippen molar-refractivity contribution in [2.24, 2.45) is 4.99 Å². The number of aryl methyl sites for hydroxylation is 1. The first-order chi connectivity index (χ1) is 16.8. The van der Waals surface area contributed by atoms with E-state index < -0.39 is 23.4 Å². The van der Waals surface area contributed by atoms with E-state index >= 15 is 0 Å². The summed E-state index contributed by atoms with van der Waals surface area (Å²) in [7, 11) is 0. The SMILES string of the molecule is Cc1nn(CC(C)(C)F)cc1C([O-])=NC1CCCC(Nc2cc(C(F)(F)F)nc3ccc(Cl)cc23)C1. The fourth-order valence-electron chi connectivity index (χ4n) is 4.52. The van der Waals surface area contributed by atoms with Gasteiger partial charge in [0.05, 0.1) is 23.8 Å². The van der Waals surface area contributed by atoms with Crippen molar-refractivity contribution < 1.29 is 22.7 Å². The molecule has 2 atom stereocenters. The Morgan fingerprint density at radius 3 is 2.67 bits per heavy atom. The quantitative estimate of drug-likeness (QED) is 0.255. The van der Waals surface area contributed by atoms with Gasteiger partial charge in [-0.05, 0) is 76.6 Å². The number of nitrogens with one attached hydrogen (secondary N) is 1. The summed E-state index contributed by atoms with van der Waals surface area (Å²) in [4.78, 5) is 8.11. The molecule has 2 heterocycles. The number of alkyl halides is 4. The van der Waals surface area contributed by atoms with Crippen LogP contribution in [0.2, 0.25) is 5.02 Å². The van der Waals surface area contributed by atoms with Crippen LogP contribution < -0.4 is 10.4 Å². The molecule has 2 aromatic heterocycles. The maximum atomic E-state index is 14.0. The average Bonchev–Trinajstić information content (AvgIpc) is 3.12. The van der Waals surface area contributed by atoms with Crippen molar-refractivity contribution in [3.63, 3.8) is 0 Å². The normalized spacial score (nSPS) is 19.6. The van der Waals surface area contributed by atoms with Crippen LogP contribution in [-0.2, 0) is 12.7 Å². The first kappa shape index (κ1) is 26.2. The van der Waals surface area contributed by atoms with Gasteiger partial charge in [-0.15, -0.1) is 0 Å². The van der Waals surface area contributed by atoms with Gasteiger partial charge in [-0.25, -0.2) is 9.37 Å². The van der Waals surface area contributed by atoms with E-state index in [1.165, 1.54) is 36.9 Å². The van der Waals surface area contributed by atoms with Gasteiger partial charge in [0.15, 0.2) is 0 Å². The highest BCUT2D eigenvalue weighted by Gasteiger charge is 2.34. The second-order valence-electron chi connectivity index (χ2n) is 9.85. The van der Waals surface area contributed by atoms with Crippen molar-refractivity contribution in [1.82, 2.24) is 14.8 Å². The molecule has 4 rings (SSSR count). The molecule has 0 radical (unpaired) electrons. The van der Waals surface area contributed by atoms with Crippen LogP contribution in [0.25, 0.3) is 10.9 Å². The van der Waals surface area contributed by atoms with E-state index in [0.717, 1.165) is 12.5 Å². The number of halogens is 5. The number of pyridine rings is 1. The van der Waals surface area contributed by atoms with Crippen LogP contribution in [0.5, 0.6) is 0 Å². The van der Waals surface area contributed by atoms with Crippen LogP contribution in [-0.4, -0.2) is 38.4 Å². The molecule has 1 aliphatic carbocycles. The van der Waals surface area contributed by atoms with Gasteiger partial charge in [0.25, 0.3) is 0 Å². The molecule has 1 saturated carbocycles. The molecule has 1 aromatic carbocycles. The Labute approximate surface area is 211 Å². The van der Waals surface area contributed by atoms with Gasteiger partial charge in [-0.3, -0.25) is 9.67 Å². The Hall–Kier alpha value is -2.88. The summed E-state index contributed by atoms with van der Waals surface area (Å²) in [6.45, 7) is 4.55. The first-order valence-corrected chi connectivity index (χ1v) is 12.1. The predicted molar refractivity (Wildman–Crippen MR) is 130 cm³/mol. The summed E-state index contributed by atoms with van der Waals surface area (Å²) in [5.41, 5.74) is -1.20. The smallest absolute Gasteiger partial charge is 0.433 e. The van der Waals surface area contributed by atoms with Gasteiger partial charge in [0, 0.05) is 33.9 Å². The lowest BCUT2D eigenvalue weighted by atomic mass is 9.91. The zero-order valence-electron chi connectivity index (χ0n) is 20.2. The van der Waals surface area contributed by atoms with Crippen molar-refractivity contribution in [3.8, 4) is 0 Å². The lowest BCUT2D eigenvalue weighted by Gasteiger charge is -2.30. The minimum absolute atomic E-state index is 0.0142. The summed E-state index contributed by atoms with van der Waals surface area (Å²) in [5, 5.41) is 21.2. The van der Waals surface area contributed by atoms with E-state index in [-0.39, 0.29) is 29.8 Å². The number of rotatable bonds is 6. The Kier molecular flexibility index (Phi) is 7.19. The van der Waals surface area contributed by atoms with Gasteiger partial charge in [-0.1, -0.05) is 11.6 Å². The maximum Gasteiger partial charge on any atom is 0.433 e. The van der Waals surface area contributed by atoms with E-state index in [4.69, 9.17) is 11.6 Å². The third kappa shape index (κ3) is 6.27. The van der Waals surface area contributed by atoms with Crippen molar-refractivity contribution >= 4 is 34.1 Å². The van der Waals surface area contributed by atoms with Crippen LogP contribution in [0.3, 0.4) is 0 Å². The second-order valence-corrected chi connectivity index (χ2v) is 10.3. The molecule has 1 aliphatic rings. The van der Waals surface area contributed by atoms with Gasteiger partial charge in [-0.2, -0.15) is 18.3 Å². The van der Waals surface area contributed by atoms with Gasteiger partial charge in [0.1, 0.15) is 11.4 Å². The monoisotopic (exact) mass is 524 g/mol. The number of aromatic nitrogens is 3. The molecule has 1 fully saturated rings. The van der Waals surface area contributed by atoms with Crippen molar-refractivity contribution in [1.29, 1.82) is 0 Å². The van der Waals surface area contributed by atoms with Crippen LogP contribution in [0.15, 0.2) is 35.5 Å². The van der Waals surface area contributed by atoms with Crippen LogP contribution >= 0.6 is 11.6 Å². The molecule has 0 saturated heterocycles. The van der Waals surface area contributed by atoms with E-state index in [0.29, 0.717) is 40.9 Å². The van der Waals surface area contributed by atoms with Gasteiger partial charge >= 0.3 is 6.18 Å². The summed E-state index contributed by atoms with van der Waals surface area (Å²) >= 11 is 6.09. The summed E-state index contributed by atoms with van der Waals surface area (Å²) in [5.74, 6) is -0.429. The summed E-state index contributed by atoms with van der Waals surface area (Å²) in [6, 6.07) is 5.04. The number of fused-ring (bicyclic) bond motifs is 1. The Bertz CT molecular complexity index is 1280. The Morgan fingerprint density at radius 2 is 1.97 bits per heavy atom. The zero-order valence-corrected chi connectivity index (χ0v) is 20.9. The van der Waals surface area contributed by atoms with E-state index in [9.17, 15) is 22.7 Å². The molecule has 194 valence electrons. The van der Waals surface area contributed by atoms with Crippen LogP contribution in [0.1, 0.15) is 56.5 Å².